The van der Waals surface area contributed by atoms with Crippen molar-refractivity contribution in [3.63, 3.8) is 0 Å². The molecule has 0 radical (unpaired) electrons. The first-order chi connectivity index (χ1) is 13.3. The second-order valence-corrected chi connectivity index (χ2v) is 17.3. The molecule has 4 atom stereocenters. The van der Waals surface area contributed by atoms with Crippen LogP contribution >= 0.6 is 0 Å². The van der Waals surface area contributed by atoms with Crippen LogP contribution in [-0.4, -0.2) is 60.7 Å². The van der Waals surface area contributed by atoms with E-state index >= 15 is 0 Å². The molecule has 2 N–H and O–H groups in total. The zero-order chi connectivity index (χ0) is 21.4. The minimum Gasteiger partial charge on any atom is -0.467 e. The summed E-state index contributed by atoms with van der Waals surface area (Å²) < 4.78 is 24.7. The van der Waals surface area contributed by atoms with Crippen LogP contribution in [0.25, 0.3) is 0 Å². The van der Waals surface area contributed by atoms with E-state index in [9.17, 15) is 4.79 Å². The highest BCUT2D eigenvalue weighted by atomic mass is 28.4. The zero-order valence-corrected chi connectivity index (χ0v) is 21.1. The summed E-state index contributed by atoms with van der Waals surface area (Å²) in [6.07, 6.45) is -0.897. The van der Waals surface area contributed by atoms with Crippen LogP contribution in [0.4, 0.5) is 0 Å². The van der Waals surface area contributed by atoms with Gasteiger partial charge in [-0.15, -0.1) is 0 Å². The van der Waals surface area contributed by atoms with Crippen molar-refractivity contribution in [3.8, 4) is 0 Å². The highest BCUT2D eigenvalue weighted by Crippen LogP contribution is 2.35. The highest BCUT2D eigenvalue weighted by molar-refractivity contribution is 6.74. The smallest absolute Gasteiger partial charge is 0.335 e. The van der Waals surface area contributed by atoms with E-state index in [4.69, 9.17) is 24.1 Å². The predicted octanol–water partition coefficient (Wildman–Crippen LogP) is 4.06. The molecule has 0 spiro atoms. The van der Waals surface area contributed by atoms with E-state index in [0.717, 1.165) is 36.3 Å². The van der Waals surface area contributed by atoms with Crippen molar-refractivity contribution in [1.82, 2.24) is 0 Å². The van der Waals surface area contributed by atoms with Crippen LogP contribution in [0.5, 0.6) is 0 Å². The Kier molecular flexibility index (Phi) is 10.9. The molecule has 8 heteroatoms. The Morgan fingerprint density at radius 1 is 0.929 bits per heavy atom. The summed E-state index contributed by atoms with van der Waals surface area (Å²) in [6.45, 7) is 13.6. The minimum absolute atomic E-state index is 0.172. The molecule has 0 aromatic carbocycles. The van der Waals surface area contributed by atoms with E-state index in [-0.39, 0.29) is 24.3 Å². The molecular weight excluding hydrogens is 390 g/mol. The quantitative estimate of drug-likeness (QED) is 0.369. The summed E-state index contributed by atoms with van der Waals surface area (Å²) in [7, 11) is -2.37. The van der Waals surface area contributed by atoms with E-state index in [1.165, 1.54) is 7.11 Å². The van der Waals surface area contributed by atoms with Gasteiger partial charge in [0.1, 0.15) is 0 Å². The third-order valence-corrected chi connectivity index (χ3v) is 16.2. The summed E-state index contributed by atoms with van der Waals surface area (Å²) in [5, 5.41) is 0. The second-order valence-electron chi connectivity index (χ2n) is 7.88. The molecule has 1 aliphatic rings. The molecule has 1 aliphatic heterocycles. The Bertz CT molecular complexity index is 455. The minimum atomic E-state index is -1.88. The molecule has 0 bridgehead atoms. The molecular formula is C20H43NO5Si2. The maximum Gasteiger partial charge on any atom is 0.335 e. The van der Waals surface area contributed by atoms with Gasteiger partial charge in [0.05, 0.1) is 25.4 Å². The molecule has 6 nitrogen and oxygen atoms in total. The first kappa shape index (κ1) is 25.8. The van der Waals surface area contributed by atoms with E-state index in [1.54, 1.807) is 0 Å². The number of nitrogens with two attached hydrogens (primary N) is 1. The number of esters is 1. The predicted molar refractivity (Wildman–Crippen MR) is 118 cm³/mol. The Morgan fingerprint density at radius 3 is 1.79 bits per heavy atom. The van der Waals surface area contributed by atoms with Crippen LogP contribution in [0.2, 0.25) is 36.3 Å². The number of hydrogen-bond donors (Lipinski definition) is 1. The number of ether oxygens (including phenoxy) is 2. The lowest BCUT2D eigenvalue weighted by molar-refractivity contribution is -0.185. The summed E-state index contributed by atoms with van der Waals surface area (Å²) in [4.78, 5) is 12.2. The maximum atomic E-state index is 12.2. The molecule has 1 rings (SSSR count). The monoisotopic (exact) mass is 433 g/mol. The van der Waals surface area contributed by atoms with E-state index < -0.39 is 22.7 Å². The van der Waals surface area contributed by atoms with Crippen LogP contribution in [0.15, 0.2) is 0 Å². The molecule has 28 heavy (non-hydrogen) atoms. The largest absolute Gasteiger partial charge is 0.467 e. The van der Waals surface area contributed by atoms with Gasteiger partial charge in [0.2, 0.25) is 0 Å². The van der Waals surface area contributed by atoms with Crippen molar-refractivity contribution in [3.05, 3.63) is 0 Å². The first-order valence-corrected chi connectivity index (χ1v) is 16.2. The van der Waals surface area contributed by atoms with Gasteiger partial charge in [-0.2, -0.15) is 0 Å². The van der Waals surface area contributed by atoms with Gasteiger partial charge in [0.15, 0.2) is 22.7 Å². The molecule has 0 saturated carbocycles. The van der Waals surface area contributed by atoms with E-state index in [2.05, 4.69) is 41.5 Å². The molecule has 1 fully saturated rings. The first-order valence-electron chi connectivity index (χ1n) is 11.1. The fourth-order valence-electron chi connectivity index (χ4n) is 4.28. The zero-order valence-electron chi connectivity index (χ0n) is 19.1. The van der Waals surface area contributed by atoms with Crippen molar-refractivity contribution in [2.24, 2.45) is 5.73 Å². The van der Waals surface area contributed by atoms with Crippen molar-refractivity contribution < 1.29 is 23.1 Å². The third-order valence-electron chi connectivity index (χ3n) is 6.87. The normalized spacial score (nSPS) is 26.3. The molecule has 0 amide bonds. The van der Waals surface area contributed by atoms with Gasteiger partial charge in [-0.05, 0) is 36.3 Å². The van der Waals surface area contributed by atoms with Gasteiger partial charge in [0.25, 0.3) is 0 Å². The SMILES string of the molecule is CC[Si](CC)(CC)O[C@H]1[C@@H](CN)O[C@@H](C(=O)OC)C[C@H]1O[Si](CC)(CC)CC. The van der Waals surface area contributed by atoms with E-state index in [0.29, 0.717) is 13.0 Å². The fourth-order valence-corrected chi connectivity index (χ4v) is 10.0. The average Bonchev–Trinajstić information content (AvgIpc) is 2.75. The van der Waals surface area contributed by atoms with Gasteiger partial charge < -0.3 is 24.1 Å². The fraction of sp³-hybridized carbons (Fsp3) is 0.950. The number of carbonyl (C=O) groups is 1. The molecule has 0 unspecified atom stereocenters. The summed E-state index contributed by atoms with van der Waals surface area (Å²) in [5.74, 6) is -0.354. The lowest BCUT2D eigenvalue weighted by Crippen LogP contribution is -2.61. The molecule has 1 saturated heterocycles. The van der Waals surface area contributed by atoms with Crippen LogP contribution < -0.4 is 5.73 Å². The number of carbonyl (C=O) groups excluding carboxylic acids is 1. The highest BCUT2D eigenvalue weighted by Gasteiger charge is 2.48. The van der Waals surface area contributed by atoms with Gasteiger partial charge in [-0.25, -0.2) is 4.79 Å². The Labute approximate surface area is 174 Å². The number of rotatable bonds is 12. The van der Waals surface area contributed by atoms with Gasteiger partial charge >= 0.3 is 5.97 Å². The lowest BCUT2D eigenvalue weighted by atomic mass is 9.98. The number of hydrogen-bond acceptors (Lipinski definition) is 6. The summed E-state index contributed by atoms with van der Waals surface area (Å²) in [5.41, 5.74) is 6.08. The molecule has 1 heterocycles. The van der Waals surface area contributed by atoms with Crippen LogP contribution in [-0.2, 0) is 23.1 Å². The van der Waals surface area contributed by atoms with E-state index in [1.807, 2.05) is 0 Å². The van der Waals surface area contributed by atoms with Crippen LogP contribution in [0.1, 0.15) is 48.0 Å². The number of methoxy groups -OCH3 is 1. The Hall–Kier alpha value is -0.256. The van der Waals surface area contributed by atoms with Crippen molar-refractivity contribution in [2.45, 2.75) is 109 Å². The lowest BCUT2D eigenvalue weighted by Gasteiger charge is -2.47. The Morgan fingerprint density at radius 2 is 1.39 bits per heavy atom. The molecule has 0 aliphatic carbocycles. The van der Waals surface area contributed by atoms with Gasteiger partial charge in [-0.3, -0.25) is 0 Å². The molecule has 166 valence electrons. The summed E-state index contributed by atoms with van der Waals surface area (Å²) in [6, 6.07) is 6.32. The topological polar surface area (TPSA) is 80.0 Å². The maximum absolute atomic E-state index is 12.2. The Balaban J connectivity index is 3.25. The molecule has 0 aromatic rings. The van der Waals surface area contributed by atoms with Crippen molar-refractivity contribution in [1.29, 1.82) is 0 Å². The van der Waals surface area contributed by atoms with Crippen molar-refractivity contribution >= 4 is 22.6 Å². The van der Waals surface area contributed by atoms with Gasteiger partial charge in [-0.1, -0.05) is 41.5 Å². The van der Waals surface area contributed by atoms with Crippen molar-refractivity contribution in [2.75, 3.05) is 13.7 Å². The summed E-state index contributed by atoms with van der Waals surface area (Å²) >= 11 is 0. The van der Waals surface area contributed by atoms with Crippen LogP contribution in [0, 0.1) is 0 Å². The standard InChI is InChI=1S/C20H43NO5Si2/c1-8-27(9-2,10-3)25-16-14-17(20(22)23-7)24-18(15-21)19(16)26-28(11-4,12-5)13-6/h16-19H,8-15,21H2,1-7H3/t16-,17-,18-,19-/m1/s1. The third kappa shape index (κ3) is 5.89. The van der Waals surface area contributed by atoms with Crippen LogP contribution in [0.3, 0.4) is 0 Å². The average molecular weight is 434 g/mol. The molecule has 0 aromatic heterocycles. The van der Waals surface area contributed by atoms with Gasteiger partial charge in [0, 0.05) is 13.0 Å². The second kappa shape index (κ2) is 11.8.